The lowest BCUT2D eigenvalue weighted by molar-refractivity contribution is 0.475. The van der Waals surface area contributed by atoms with Gasteiger partial charge in [-0.3, -0.25) is 0 Å². The Morgan fingerprint density at radius 1 is 0.404 bits per heavy atom. The van der Waals surface area contributed by atoms with Gasteiger partial charge in [0.25, 0.3) is 0 Å². The first-order valence-corrected chi connectivity index (χ1v) is 17.5. The predicted octanol–water partition coefficient (Wildman–Crippen LogP) is 12.0. The molecule has 0 fully saturated rings. The molecular formula is C47H36N4O. The van der Waals surface area contributed by atoms with Gasteiger partial charge in [0.1, 0.15) is 5.75 Å². The third kappa shape index (κ3) is 5.72. The van der Waals surface area contributed by atoms with Gasteiger partial charge in [-0.1, -0.05) is 102 Å². The van der Waals surface area contributed by atoms with Crippen molar-refractivity contribution < 1.29 is 5.11 Å². The van der Waals surface area contributed by atoms with E-state index in [0.29, 0.717) is 0 Å². The van der Waals surface area contributed by atoms with E-state index in [1.165, 1.54) is 16.7 Å². The summed E-state index contributed by atoms with van der Waals surface area (Å²) in [6.45, 7) is 6.32. The number of nitrogens with one attached hydrogen (secondary N) is 2. The van der Waals surface area contributed by atoms with E-state index >= 15 is 0 Å². The van der Waals surface area contributed by atoms with Crippen LogP contribution in [0.4, 0.5) is 0 Å². The average Bonchev–Trinajstić information content (AvgIpc) is 3.98. The fourth-order valence-corrected chi connectivity index (χ4v) is 7.16. The molecule has 0 spiro atoms. The Bertz CT molecular complexity index is 2730. The number of hydrogen-bond donors (Lipinski definition) is 3. The Morgan fingerprint density at radius 2 is 0.827 bits per heavy atom. The maximum absolute atomic E-state index is 10.1. The van der Waals surface area contributed by atoms with E-state index < -0.39 is 0 Å². The van der Waals surface area contributed by atoms with Crippen LogP contribution in [0.15, 0.2) is 121 Å². The van der Waals surface area contributed by atoms with E-state index in [9.17, 15) is 5.11 Å². The van der Waals surface area contributed by atoms with E-state index in [2.05, 4.69) is 152 Å². The molecule has 52 heavy (non-hydrogen) atoms. The van der Waals surface area contributed by atoms with Crippen LogP contribution in [-0.4, -0.2) is 25.0 Å². The quantitative estimate of drug-likeness (QED) is 0.174. The lowest BCUT2D eigenvalue weighted by Gasteiger charge is -2.07. The number of aromatic amines is 2. The molecule has 5 heteroatoms. The van der Waals surface area contributed by atoms with Crippen LogP contribution < -0.4 is 0 Å². The van der Waals surface area contributed by atoms with E-state index in [-0.39, 0.29) is 5.75 Å². The minimum absolute atomic E-state index is 0.227. The molecule has 0 saturated heterocycles. The summed E-state index contributed by atoms with van der Waals surface area (Å²) in [6, 6.07) is 41.9. The largest absolute Gasteiger partial charge is 0.508 e. The molecule has 7 aromatic rings. The van der Waals surface area contributed by atoms with Gasteiger partial charge < -0.3 is 15.1 Å². The van der Waals surface area contributed by atoms with Gasteiger partial charge in [-0.15, -0.1) is 0 Å². The zero-order valence-corrected chi connectivity index (χ0v) is 29.2. The highest BCUT2D eigenvalue weighted by molar-refractivity contribution is 5.99. The predicted molar refractivity (Wildman–Crippen MR) is 216 cm³/mol. The highest BCUT2D eigenvalue weighted by Gasteiger charge is 2.18. The summed E-state index contributed by atoms with van der Waals surface area (Å²) in [7, 11) is 0. The molecule has 0 aliphatic carbocycles. The Hall–Kier alpha value is -6.72. The number of phenols is 1. The molecule has 0 amide bonds. The third-order valence-corrected chi connectivity index (χ3v) is 9.90. The van der Waals surface area contributed by atoms with Crippen molar-refractivity contribution >= 4 is 46.4 Å². The van der Waals surface area contributed by atoms with Gasteiger partial charge in [0.05, 0.1) is 22.8 Å². The van der Waals surface area contributed by atoms with Crippen LogP contribution in [0.1, 0.15) is 39.5 Å². The molecule has 3 N–H and O–H groups in total. The minimum atomic E-state index is 0.227. The third-order valence-electron chi connectivity index (χ3n) is 9.90. The summed E-state index contributed by atoms with van der Waals surface area (Å²) >= 11 is 0. The van der Waals surface area contributed by atoms with Crippen molar-refractivity contribution in [3.05, 3.63) is 161 Å². The van der Waals surface area contributed by atoms with Gasteiger partial charge in [-0.25, -0.2) is 9.97 Å². The summed E-state index contributed by atoms with van der Waals surface area (Å²) < 4.78 is 0. The molecule has 5 nitrogen and oxygen atoms in total. The molecule has 2 aliphatic heterocycles. The first-order chi connectivity index (χ1) is 25.4. The second kappa shape index (κ2) is 12.6. The standard InChI is InChI=1S/C47H36N4O/c1-28-4-10-32(11-5-28)45-38-21-18-35(48-38)26-43-37(31-16-19-36(52)20-17-31)27-44(51-43)47(34-14-8-30(3)9-15-34)42-25-24-41(50-42)46(40-23-22-39(45)49-40)33-12-6-29(2)7-13-33/h4-27,49,51-52H,1-3H3. The number of benzene rings is 4. The SMILES string of the molecule is Cc1ccc(-c2c3nc(c(-c4ccc(C)cc4)c4ccc([nH]4)c(-c4ccc(C)cc4)c4nc(cc5[nH]c2cc5-c2ccc(O)cc2)C=C4)C=C3)cc1. The van der Waals surface area contributed by atoms with Crippen LogP contribution in [0.2, 0.25) is 0 Å². The highest BCUT2D eigenvalue weighted by Crippen LogP contribution is 2.38. The van der Waals surface area contributed by atoms with Crippen LogP contribution in [0.3, 0.4) is 0 Å². The Kier molecular flexibility index (Phi) is 7.55. The van der Waals surface area contributed by atoms with Crippen LogP contribution >= 0.6 is 0 Å². The lowest BCUT2D eigenvalue weighted by Crippen LogP contribution is -1.89. The second-order valence-corrected chi connectivity index (χ2v) is 13.7. The van der Waals surface area contributed by atoms with E-state index in [1.54, 1.807) is 12.1 Å². The summed E-state index contributed by atoms with van der Waals surface area (Å²) in [6.07, 6.45) is 8.43. The molecule has 250 valence electrons. The highest BCUT2D eigenvalue weighted by atomic mass is 16.3. The van der Waals surface area contributed by atoms with Crippen molar-refractivity contribution in [2.24, 2.45) is 0 Å². The summed E-state index contributed by atoms with van der Waals surface area (Å²) in [4.78, 5) is 18.2. The molecule has 8 bridgehead atoms. The Morgan fingerprint density at radius 3 is 1.35 bits per heavy atom. The molecule has 9 rings (SSSR count). The maximum atomic E-state index is 10.1. The van der Waals surface area contributed by atoms with Gasteiger partial charge in [-0.2, -0.15) is 0 Å². The number of fused-ring (bicyclic) bond motifs is 8. The fourth-order valence-electron chi connectivity index (χ4n) is 7.16. The lowest BCUT2D eigenvalue weighted by atomic mass is 10.0. The van der Waals surface area contributed by atoms with Crippen molar-refractivity contribution in [2.45, 2.75) is 20.8 Å². The number of aromatic nitrogens is 4. The molecule has 2 aliphatic rings. The van der Waals surface area contributed by atoms with Crippen molar-refractivity contribution in [2.75, 3.05) is 0 Å². The minimum Gasteiger partial charge on any atom is -0.508 e. The summed E-state index contributed by atoms with van der Waals surface area (Å²) in [5, 5.41) is 10.1. The maximum Gasteiger partial charge on any atom is 0.115 e. The number of rotatable bonds is 4. The zero-order chi connectivity index (χ0) is 35.3. The van der Waals surface area contributed by atoms with Gasteiger partial charge in [-0.05, 0) is 104 Å². The van der Waals surface area contributed by atoms with Crippen molar-refractivity contribution in [1.29, 1.82) is 0 Å². The first-order valence-electron chi connectivity index (χ1n) is 17.5. The van der Waals surface area contributed by atoms with Crippen molar-refractivity contribution in [1.82, 2.24) is 19.9 Å². The molecule has 0 atom stereocenters. The van der Waals surface area contributed by atoms with Gasteiger partial charge >= 0.3 is 0 Å². The van der Waals surface area contributed by atoms with Crippen molar-refractivity contribution in [3.8, 4) is 50.3 Å². The van der Waals surface area contributed by atoms with E-state index in [4.69, 9.17) is 9.97 Å². The van der Waals surface area contributed by atoms with Crippen molar-refractivity contribution in [3.63, 3.8) is 0 Å². The molecule has 0 radical (unpaired) electrons. The van der Waals surface area contributed by atoms with Crippen LogP contribution in [0.25, 0.3) is 90.9 Å². The Balaban J connectivity index is 1.46. The topological polar surface area (TPSA) is 77.6 Å². The second-order valence-electron chi connectivity index (χ2n) is 13.7. The monoisotopic (exact) mass is 672 g/mol. The normalized spacial score (nSPS) is 12.1. The smallest absolute Gasteiger partial charge is 0.115 e. The number of phenolic OH excluding ortho intramolecular Hbond substituents is 1. The molecule has 5 heterocycles. The van der Waals surface area contributed by atoms with Crippen LogP contribution in [-0.2, 0) is 0 Å². The van der Waals surface area contributed by atoms with Gasteiger partial charge in [0, 0.05) is 44.3 Å². The number of aryl methyl sites for hydroxylation is 3. The zero-order valence-electron chi connectivity index (χ0n) is 29.2. The van der Waals surface area contributed by atoms with Gasteiger partial charge in [0.2, 0.25) is 0 Å². The van der Waals surface area contributed by atoms with E-state index in [1.807, 2.05) is 12.1 Å². The number of H-pyrrole nitrogens is 2. The van der Waals surface area contributed by atoms with Gasteiger partial charge in [0.15, 0.2) is 0 Å². The number of aromatic hydroxyl groups is 1. The number of hydrogen-bond acceptors (Lipinski definition) is 3. The molecule has 0 saturated carbocycles. The van der Waals surface area contributed by atoms with Crippen LogP contribution in [0.5, 0.6) is 5.75 Å². The van der Waals surface area contributed by atoms with E-state index in [0.717, 1.165) is 89.4 Å². The average molecular weight is 673 g/mol. The molecule has 0 unspecified atom stereocenters. The molecule has 3 aromatic heterocycles. The summed E-state index contributed by atoms with van der Waals surface area (Å²) in [5.41, 5.74) is 19.1. The molecular weight excluding hydrogens is 637 g/mol. The Labute approximate surface area is 302 Å². The molecule has 4 aromatic carbocycles. The number of nitrogens with zero attached hydrogens (tertiary/aromatic N) is 2. The fraction of sp³-hybridized carbons (Fsp3) is 0.0638. The van der Waals surface area contributed by atoms with Crippen LogP contribution in [0, 0.1) is 20.8 Å². The first kappa shape index (κ1) is 31.3. The summed E-state index contributed by atoms with van der Waals surface area (Å²) in [5.74, 6) is 0.227.